The van der Waals surface area contributed by atoms with Gasteiger partial charge in [-0.15, -0.1) is 0 Å². The van der Waals surface area contributed by atoms with Crippen LogP contribution in [0.15, 0.2) is 0 Å². The average Bonchev–Trinajstić information content (AvgIpc) is 2.64. The molecule has 0 aromatic carbocycles. The number of carbonyl (C=O) groups excluding carboxylic acids is 2. The van der Waals surface area contributed by atoms with Crippen LogP contribution < -0.4 is 10.6 Å². The highest BCUT2D eigenvalue weighted by molar-refractivity contribution is 5.70. The Hall–Kier alpha value is -1.14. The second kappa shape index (κ2) is 11.8. The minimum Gasteiger partial charge on any atom is -0.459 e. The fourth-order valence-electron chi connectivity index (χ4n) is 4.01. The summed E-state index contributed by atoms with van der Waals surface area (Å²) in [6, 6.07) is 0. The SMILES string of the molecule is CC1(OC(=O)CCCCCCCCC(=O)OC2(C)CCNCC2)CCNCC1. The van der Waals surface area contributed by atoms with Crippen molar-refractivity contribution in [3.8, 4) is 0 Å². The van der Waals surface area contributed by atoms with E-state index in [4.69, 9.17) is 9.47 Å². The predicted octanol–water partition coefficient (Wildman–Crippen LogP) is 3.48. The van der Waals surface area contributed by atoms with Gasteiger partial charge in [0.2, 0.25) is 0 Å². The van der Waals surface area contributed by atoms with E-state index in [1.54, 1.807) is 0 Å². The Morgan fingerprint density at radius 3 is 1.32 bits per heavy atom. The molecule has 0 spiro atoms. The highest BCUT2D eigenvalue weighted by Crippen LogP contribution is 2.24. The van der Waals surface area contributed by atoms with E-state index in [0.29, 0.717) is 12.8 Å². The molecule has 0 aliphatic carbocycles. The van der Waals surface area contributed by atoms with Gasteiger partial charge in [-0.05, 0) is 78.6 Å². The summed E-state index contributed by atoms with van der Waals surface area (Å²) in [7, 11) is 0. The van der Waals surface area contributed by atoms with Gasteiger partial charge >= 0.3 is 11.9 Å². The number of unbranched alkanes of at least 4 members (excludes halogenated alkanes) is 5. The molecule has 0 amide bonds. The summed E-state index contributed by atoms with van der Waals surface area (Å²) in [5, 5.41) is 6.59. The molecule has 0 aromatic heterocycles. The van der Waals surface area contributed by atoms with Crippen LogP contribution in [0.5, 0.6) is 0 Å². The van der Waals surface area contributed by atoms with E-state index >= 15 is 0 Å². The number of carbonyl (C=O) groups is 2. The highest BCUT2D eigenvalue weighted by Gasteiger charge is 2.31. The van der Waals surface area contributed by atoms with Crippen molar-refractivity contribution in [1.29, 1.82) is 0 Å². The van der Waals surface area contributed by atoms with Crippen molar-refractivity contribution >= 4 is 11.9 Å². The Morgan fingerprint density at radius 2 is 0.964 bits per heavy atom. The van der Waals surface area contributed by atoms with Gasteiger partial charge in [0.25, 0.3) is 0 Å². The average molecular weight is 397 g/mol. The Balaban J connectivity index is 1.43. The molecule has 2 aliphatic heterocycles. The van der Waals surface area contributed by atoms with Crippen LogP contribution in [-0.2, 0) is 19.1 Å². The van der Waals surface area contributed by atoms with Gasteiger partial charge in [0.1, 0.15) is 11.2 Å². The minimum absolute atomic E-state index is 0.0569. The van der Waals surface area contributed by atoms with Gasteiger partial charge in [-0.1, -0.05) is 25.7 Å². The summed E-state index contributed by atoms with van der Waals surface area (Å²) in [5.74, 6) is -0.114. The number of rotatable bonds is 11. The standard InChI is InChI=1S/C22H40N2O4/c1-21(11-15-23-16-12-21)27-19(25)9-7-5-3-4-6-8-10-20(26)28-22(2)13-17-24-18-14-22/h23-24H,3-18H2,1-2H3. The first-order valence-electron chi connectivity index (χ1n) is 11.3. The third-order valence-corrected chi connectivity index (χ3v) is 6.05. The first kappa shape index (κ1) is 23.1. The number of piperidine rings is 2. The fraction of sp³-hybridized carbons (Fsp3) is 0.909. The molecule has 2 rings (SSSR count). The molecule has 6 heteroatoms. The largest absolute Gasteiger partial charge is 0.459 e. The Morgan fingerprint density at radius 1 is 0.643 bits per heavy atom. The zero-order valence-electron chi connectivity index (χ0n) is 17.9. The van der Waals surface area contributed by atoms with Crippen LogP contribution in [0.25, 0.3) is 0 Å². The quantitative estimate of drug-likeness (QED) is 0.411. The number of nitrogens with one attached hydrogen (secondary N) is 2. The van der Waals surface area contributed by atoms with Gasteiger partial charge in [0.15, 0.2) is 0 Å². The molecule has 2 aliphatic rings. The second-order valence-corrected chi connectivity index (χ2v) is 8.97. The van der Waals surface area contributed by atoms with Crippen molar-refractivity contribution < 1.29 is 19.1 Å². The number of ether oxygens (including phenoxy) is 2. The van der Waals surface area contributed by atoms with Crippen molar-refractivity contribution in [3.63, 3.8) is 0 Å². The maximum absolute atomic E-state index is 12.0. The lowest BCUT2D eigenvalue weighted by Crippen LogP contribution is -2.42. The summed E-state index contributed by atoms with van der Waals surface area (Å²) < 4.78 is 11.4. The molecule has 2 N–H and O–H groups in total. The van der Waals surface area contributed by atoms with Gasteiger partial charge in [-0.2, -0.15) is 0 Å². The predicted molar refractivity (Wildman–Crippen MR) is 110 cm³/mol. The lowest BCUT2D eigenvalue weighted by molar-refractivity contribution is -0.161. The maximum Gasteiger partial charge on any atom is 0.306 e. The summed E-state index contributed by atoms with van der Waals surface area (Å²) >= 11 is 0. The first-order chi connectivity index (χ1) is 13.4. The number of hydrogen-bond acceptors (Lipinski definition) is 6. The minimum atomic E-state index is -0.276. The van der Waals surface area contributed by atoms with Crippen LogP contribution >= 0.6 is 0 Å². The Kier molecular flexibility index (Phi) is 9.72. The molecule has 0 unspecified atom stereocenters. The van der Waals surface area contributed by atoms with Gasteiger partial charge in [0.05, 0.1) is 0 Å². The molecule has 0 aromatic rings. The smallest absolute Gasteiger partial charge is 0.306 e. The monoisotopic (exact) mass is 396 g/mol. The van der Waals surface area contributed by atoms with Crippen LogP contribution in [0.1, 0.15) is 90.9 Å². The van der Waals surface area contributed by atoms with Crippen molar-refractivity contribution in [1.82, 2.24) is 10.6 Å². The van der Waals surface area contributed by atoms with Crippen LogP contribution in [0.3, 0.4) is 0 Å². The van der Waals surface area contributed by atoms with E-state index in [9.17, 15) is 9.59 Å². The number of hydrogen-bond donors (Lipinski definition) is 2. The van der Waals surface area contributed by atoms with E-state index < -0.39 is 0 Å². The van der Waals surface area contributed by atoms with Crippen LogP contribution in [0.2, 0.25) is 0 Å². The summed E-state index contributed by atoms with van der Waals surface area (Å²) in [5.41, 5.74) is -0.551. The first-order valence-corrected chi connectivity index (χ1v) is 11.3. The fourth-order valence-corrected chi connectivity index (χ4v) is 4.01. The van der Waals surface area contributed by atoms with Gasteiger partial charge in [-0.25, -0.2) is 0 Å². The van der Waals surface area contributed by atoms with E-state index in [1.807, 2.05) is 13.8 Å². The molecule has 2 saturated heterocycles. The second-order valence-electron chi connectivity index (χ2n) is 8.97. The maximum atomic E-state index is 12.0. The summed E-state index contributed by atoms with van der Waals surface area (Å²) in [6.07, 6.45) is 10.7. The third kappa shape index (κ3) is 8.91. The van der Waals surface area contributed by atoms with Gasteiger partial charge < -0.3 is 20.1 Å². The summed E-state index contributed by atoms with van der Waals surface area (Å²) in [6.45, 7) is 7.79. The highest BCUT2D eigenvalue weighted by atomic mass is 16.6. The zero-order valence-corrected chi connectivity index (χ0v) is 17.9. The molecule has 0 atom stereocenters. The molecule has 6 nitrogen and oxygen atoms in total. The zero-order chi connectivity index (χ0) is 20.3. The van der Waals surface area contributed by atoms with E-state index in [2.05, 4.69) is 10.6 Å². The lowest BCUT2D eigenvalue weighted by Gasteiger charge is -2.33. The van der Waals surface area contributed by atoms with Crippen LogP contribution in [0, 0.1) is 0 Å². The van der Waals surface area contributed by atoms with Crippen molar-refractivity contribution in [2.45, 2.75) is 102 Å². The molecule has 2 heterocycles. The van der Waals surface area contributed by atoms with Gasteiger partial charge in [0, 0.05) is 12.8 Å². The van der Waals surface area contributed by atoms with E-state index in [-0.39, 0.29) is 23.1 Å². The van der Waals surface area contributed by atoms with Crippen molar-refractivity contribution in [3.05, 3.63) is 0 Å². The van der Waals surface area contributed by atoms with E-state index in [0.717, 1.165) is 90.4 Å². The molecular formula is C22H40N2O4. The number of esters is 2. The van der Waals surface area contributed by atoms with Crippen molar-refractivity contribution in [2.75, 3.05) is 26.2 Å². The third-order valence-electron chi connectivity index (χ3n) is 6.05. The van der Waals surface area contributed by atoms with Crippen LogP contribution in [-0.4, -0.2) is 49.3 Å². The molecule has 0 bridgehead atoms. The molecule has 0 radical (unpaired) electrons. The van der Waals surface area contributed by atoms with Crippen LogP contribution in [0.4, 0.5) is 0 Å². The van der Waals surface area contributed by atoms with Gasteiger partial charge in [-0.3, -0.25) is 9.59 Å². The molecule has 162 valence electrons. The molecule has 0 saturated carbocycles. The van der Waals surface area contributed by atoms with Crippen molar-refractivity contribution in [2.24, 2.45) is 0 Å². The van der Waals surface area contributed by atoms with E-state index in [1.165, 1.54) is 0 Å². The molecular weight excluding hydrogens is 356 g/mol. The Bertz CT molecular complexity index is 439. The lowest BCUT2D eigenvalue weighted by atomic mass is 9.94. The summed E-state index contributed by atoms with van der Waals surface area (Å²) in [4.78, 5) is 24.0. The normalized spacial score (nSPS) is 21.1. The topological polar surface area (TPSA) is 76.7 Å². The molecule has 2 fully saturated rings. The Labute approximate surface area is 170 Å². The molecule has 28 heavy (non-hydrogen) atoms.